The van der Waals surface area contributed by atoms with Gasteiger partial charge in [-0.2, -0.15) is 0 Å². The van der Waals surface area contributed by atoms with Crippen LogP contribution in [0.25, 0.3) is 0 Å². The SMILES string of the molecule is CC(=O)O[C@H]1[C@H](O[C@H]2[C@H](O)[C@@H](O[C@@H]3O[C@@H](C)[C@H](O)[C@@H](O)[C@H]3O)[C@H](O[C@H]3CC[C@@]4(C)C(=CC[C@H]5[C@@H]6C[C@@H]7O[C@]8(CC[C@@H](C)CO8)[C@@H](C)[C@@H]7[C@@]6(C)CC[C@@H]54)C3)O[C@@H]2CO)OC[C@@H](O)[C@@H]1O. The fourth-order valence-corrected chi connectivity index (χ4v) is 14.1. The third-order valence-corrected chi connectivity index (χ3v) is 17.6. The number of aliphatic hydroxyl groups excluding tert-OH is 7. The summed E-state index contributed by atoms with van der Waals surface area (Å²) >= 11 is 0. The molecule has 17 heteroatoms. The highest BCUT2D eigenvalue weighted by Crippen LogP contribution is 2.70. The summed E-state index contributed by atoms with van der Waals surface area (Å²) in [5, 5.41) is 75.7. The van der Waals surface area contributed by atoms with Gasteiger partial charge in [-0.15, -0.1) is 0 Å². The molecule has 0 aromatic heterocycles. The Bertz CT molecular complexity index is 1670. The van der Waals surface area contributed by atoms with Crippen molar-refractivity contribution in [2.45, 2.75) is 203 Å². The number of hydrogen-bond donors (Lipinski definition) is 7. The van der Waals surface area contributed by atoms with Crippen molar-refractivity contribution < 1.29 is 83.2 Å². The maximum Gasteiger partial charge on any atom is 0.303 e. The molecule has 1 spiro atoms. The first kappa shape index (κ1) is 46.7. The third-order valence-electron chi connectivity index (χ3n) is 17.6. The Balaban J connectivity index is 0.920. The lowest BCUT2D eigenvalue weighted by atomic mass is 9.47. The molecule has 9 rings (SSSR count). The van der Waals surface area contributed by atoms with Crippen LogP contribution in [-0.2, 0) is 47.4 Å². The second-order valence-electron chi connectivity index (χ2n) is 21.2. The topological polar surface area (TPSA) is 242 Å². The lowest BCUT2D eigenvalue weighted by Crippen LogP contribution is -2.66. The van der Waals surface area contributed by atoms with Crippen molar-refractivity contribution >= 4 is 5.97 Å². The van der Waals surface area contributed by atoms with E-state index in [4.69, 9.17) is 42.6 Å². The Morgan fingerprint density at radius 2 is 1.56 bits per heavy atom. The summed E-state index contributed by atoms with van der Waals surface area (Å²) in [4.78, 5) is 12.0. The van der Waals surface area contributed by atoms with Gasteiger partial charge in [0.25, 0.3) is 0 Å². The zero-order valence-electron chi connectivity index (χ0n) is 37.5. The second kappa shape index (κ2) is 17.6. The van der Waals surface area contributed by atoms with Gasteiger partial charge in [0.15, 0.2) is 30.8 Å². The first-order valence-electron chi connectivity index (χ1n) is 23.7. The Morgan fingerprint density at radius 3 is 2.27 bits per heavy atom. The van der Waals surface area contributed by atoms with Crippen LogP contribution in [0.4, 0.5) is 0 Å². The number of fused-ring (bicyclic) bond motifs is 7. The van der Waals surface area contributed by atoms with Crippen LogP contribution < -0.4 is 0 Å². The monoisotopic (exact) mass is 896 g/mol. The number of carbonyl (C=O) groups is 1. The molecule has 0 amide bonds. The molecule has 4 aliphatic carbocycles. The minimum Gasteiger partial charge on any atom is -0.454 e. The van der Waals surface area contributed by atoms with Crippen LogP contribution in [0.1, 0.15) is 99.3 Å². The number of ether oxygens (including phenoxy) is 9. The minimum atomic E-state index is -1.72. The number of esters is 1. The molecule has 7 N–H and O–H groups in total. The van der Waals surface area contributed by atoms with Gasteiger partial charge in [0.2, 0.25) is 0 Å². The Morgan fingerprint density at radius 1 is 0.794 bits per heavy atom. The van der Waals surface area contributed by atoms with Gasteiger partial charge in [-0.3, -0.25) is 4.79 Å². The molecule has 17 nitrogen and oxygen atoms in total. The smallest absolute Gasteiger partial charge is 0.303 e. The second-order valence-corrected chi connectivity index (χ2v) is 21.2. The molecule has 63 heavy (non-hydrogen) atoms. The van der Waals surface area contributed by atoms with Crippen LogP contribution in [0.15, 0.2) is 11.6 Å². The molecule has 3 saturated carbocycles. The summed E-state index contributed by atoms with van der Waals surface area (Å²) in [5.41, 5.74) is 1.50. The van der Waals surface area contributed by atoms with E-state index in [1.165, 1.54) is 12.5 Å². The number of hydrogen-bond acceptors (Lipinski definition) is 17. The van der Waals surface area contributed by atoms with Crippen LogP contribution in [0.5, 0.6) is 0 Å². The van der Waals surface area contributed by atoms with E-state index in [2.05, 4.69) is 33.8 Å². The van der Waals surface area contributed by atoms with Crippen molar-refractivity contribution in [2.75, 3.05) is 19.8 Å². The maximum absolute atomic E-state index is 12.1. The molecule has 0 unspecified atom stereocenters. The van der Waals surface area contributed by atoms with Crippen molar-refractivity contribution in [2.24, 2.45) is 46.3 Å². The van der Waals surface area contributed by atoms with Gasteiger partial charge in [0, 0.05) is 19.3 Å². The normalized spacial score (nSPS) is 55.6. The number of carbonyl (C=O) groups excluding carboxylic acids is 1. The molecule has 0 radical (unpaired) electrons. The van der Waals surface area contributed by atoms with E-state index in [-0.39, 0.29) is 29.6 Å². The first-order chi connectivity index (χ1) is 29.9. The number of allylic oxidation sites excluding steroid dienone is 1. The van der Waals surface area contributed by atoms with E-state index >= 15 is 0 Å². The van der Waals surface area contributed by atoms with Crippen LogP contribution in [0.3, 0.4) is 0 Å². The molecular weight excluding hydrogens is 824 g/mol. The largest absolute Gasteiger partial charge is 0.454 e. The molecule has 5 aliphatic heterocycles. The molecule has 25 atom stereocenters. The van der Waals surface area contributed by atoms with Gasteiger partial charge in [0.05, 0.1) is 38.1 Å². The van der Waals surface area contributed by atoms with Crippen molar-refractivity contribution in [3.63, 3.8) is 0 Å². The molecule has 0 aromatic carbocycles. The van der Waals surface area contributed by atoms with Gasteiger partial charge in [-0.05, 0) is 98.7 Å². The summed E-state index contributed by atoms with van der Waals surface area (Å²) in [6.07, 6.45) is -9.49. The lowest BCUT2D eigenvalue weighted by Gasteiger charge is -2.58. The summed E-state index contributed by atoms with van der Waals surface area (Å²) in [7, 11) is 0. The highest BCUT2D eigenvalue weighted by Gasteiger charge is 2.69. The fraction of sp³-hybridized carbons (Fsp3) is 0.935. The summed E-state index contributed by atoms with van der Waals surface area (Å²) in [6.45, 7) is 11.9. The average molecular weight is 897 g/mol. The van der Waals surface area contributed by atoms with Gasteiger partial charge < -0.3 is 78.4 Å². The molecule has 358 valence electrons. The fourth-order valence-electron chi connectivity index (χ4n) is 14.1. The highest BCUT2D eigenvalue weighted by atomic mass is 16.8. The molecule has 9 aliphatic rings. The van der Waals surface area contributed by atoms with Gasteiger partial charge >= 0.3 is 5.97 Å². The molecular formula is C46H72O17. The number of aliphatic hydroxyl groups is 7. The van der Waals surface area contributed by atoms with Gasteiger partial charge in [0.1, 0.15) is 54.9 Å². The first-order valence-corrected chi connectivity index (χ1v) is 23.7. The van der Waals surface area contributed by atoms with Gasteiger partial charge in [-0.1, -0.05) is 39.3 Å². The Kier molecular flexibility index (Phi) is 13.1. The molecule has 5 saturated heterocycles. The summed E-state index contributed by atoms with van der Waals surface area (Å²) in [6, 6.07) is 0. The maximum atomic E-state index is 12.1. The van der Waals surface area contributed by atoms with Gasteiger partial charge in [-0.25, -0.2) is 0 Å². The van der Waals surface area contributed by atoms with Crippen molar-refractivity contribution in [3.05, 3.63) is 11.6 Å². The Labute approximate surface area is 369 Å². The quantitative estimate of drug-likeness (QED) is 0.135. The molecule has 0 bridgehead atoms. The predicted octanol–water partition coefficient (Wildman–Crippen LogP) is 1.42. The van der Waals surface area contributed by atoms with E-state index in [1.807, 2.05) is 0 Å². The van der Waals surface area contributed by atoms with E-state index in [0.29, 0.717) is 48.3 Å². The van der Waals surface area contributed by atoms with Crippen LogP contribution in [-0.4, -0.2) is 166 Å². The standard InChI is InChI=1S/C46H72O17/c1-20-9-14-46(56-18-20)21(2)32-30(63-46)16-28-26-8-7-24-15-25(10-12-44(24,5)27(26)11-13-45(28,32)6)59-43-40(62-41-36(53)35(52)33(50)22(3)57-41)37(54)38(31(17-47)60-43)61-42-39(58-23(4)48)34(51)29(49)19-55-42/h7,20-22,25-43,47,49-54H,8-19H2,1-6H3/t20-,21+,22+,25+,26-,27+,28+,29-,30+,31-,32+,33+,34+,35-,36-,37+,38-,39-,40-,41+,42+,43-,44+,45+,46-/m1/s1. The molecule has 8 fully saturated rings. The minimum absolute atomic E-state index is 0.0304. The molecule has 5 heterocycles. The van der Waals surface area contributed by atoms with Crippen LogP contribution in [0, 0.1) is 46.3 Å². The van der Waals surface area contributed by atoms with Crippen LogP contribution in [0.2, 0.25) is 0 Å². The van der Waals surface area contributed by atoms with Crippen molar-refractivity contribution in [3.8, 4) is 0 Å². The van der Waals surface area contributed by atoms with E-state index < -0.39 is 104 Å². The van der Waals surface area contributed by atoms with Crippen molar-refractivity contribution in [1.29, 1.82) is 0 Å². The van der Waals surface area contributed by atoms with E-state index in [1.54, 1.807) is 0 Å². The summed E-state index contributed by atoms with van der Waals surface area (Å²) in [5.74, 6) is 1.80. The zero-order chi connectivity index (χ0) is 44.9. The predicted molar refractivity (Wildman–Crippen MR) is 218 cm³/mol. The van der Waals surface area contributed by atoms with Crippen LogP contribution >= 0.6 is 0 Å². The Hall–Kier alpha value is -1.39. The highest BCUT2D eigenvalue weighted by molar-refractivity contribution is 5.66. The van der Waals surface area contributed by atoms with Crippen molar-refractivity contribution in [1.82, 2.24) is 0 Å². The summed E-state index contributed by atoms with van der Waals surface area (Å²) < 4.78 is 55.5. The molecule has 0 aromatic rings. The number of rotatable bonds is 8. The van der Waals surface area contributed by atoms with E-state index in [0.717, 1.165) is 58.5 Å². The lowest BCUT2D eigenvalue weighted by molar-refractivity contribution is -0.386. The zero-order valence-corrected chi connectivity index (χ0v) is 37.5. The third kappa shape index (κ3) is 7.97. The average Bonchev–Trinajstić information content (AvgIpc) is 3.70. The van der Waals surface area contributed by atoms with E-state index in [9.17, 15) is 40.5 Å².